The van der Waals surface area contributed by atoms with Crippen molar-refractivity contribution in [3.8, 4) is 0 Å². The number of carbonyl (C=O) groups is 1. The molecule has 1 atom stereocenters. The van der Waals surface area contributed by atoms with Gasteiger partial charge in [-0.25, -0.2) is 9.78 Å². The summed E-state index contributed by atoms with van der Waals surface area (Å²) in [7, 11) is 0. The molecule has 1 aliphatic rings. The highest BCUT2D eigenvalue weighted by molar-refractivity contribution is 5.74. The lowest BCUT2D eigenvalue weighted by Crippen LogP contribution is -2.51. The molecule has 2 aromatic rings. The van der Waals surface area contributed by atoms with Crippen LogP contribution >= 0.6 is 0 Å². The third-order valence-electron chi connectivity index (χ3n) is 3.75. The summed E-state index contributed by atoms with van der Waals surface area (Å²) in [5, 5.41) is 5.68. The average Bonchev–Trinajstić information content (AvgIpc) is 3.07. The van der Waals surface area contributed by atoms with Crippen molar-refractivity contribution in [2.45, 2.75) is 25.4 Å². The molecule has 0 aliphatic carbocycles. The van der Waals surface area contributed by atoms with Gasteiger partial charge in [0.2, 0.25) is 0 Å². The lowest BCUT2D eigenvalue weighted by Gasteiger charge is -2.33. The second-order valence-electron chi connectivity index (χ2n) is 5.43. The highest BCUT2D eigenvalue weighted by Gasteiger charge is 2.23. The third-order valence-corrected chi connectivity index (χ3v) is 3.75. The van der Waals surface area contributed by atoms with E-state index in [9.17, 15) is 9.59 Å². The first kappa shape index (κ1) is 15.1. The van der Waals surface area contributed by atoms with Gasteiger partial charge in [-0.3, -0.25) is 4.79 Å². The molecule has 2 amide bonds. The summed E-state index contributed by atoms with van der Waals surface area (Å²) < 4.78 is 5.16. The SMILES string of the molecule is O=C(NCc1ccco1)NC1CCCN(c2ncc[nH]c2=O)C1. The van der Waals surface area contributed by atoms with Crippen LogP contribution in [0.3, 0.4) is 0 Å². The smallest absolute Gasteiger partial charge is 0.315 e. The van der Waals surface area contributed by atoms with Gasteiger partial charge in [-0.15, -0.1) is 0 Å². The maximum Gasteiger partial charge on any atom is 0.315 e. The molecule has 0 radical (unpaired) electrons. The molecule has 3 rings (SSSR count). The lowest BCUT2D eigenvalue weighted by molar-refractivity contribution is 0.233. The van der Waals surface area contributed by atoms with E-state index in [4.69, 9.17) is 4.42 Å². The van der Waals surface area contributed by atoms with Crippen molar-refractivity contribution in [1.29, 1.82) is 0 Å². The Morgan fingerprint density at radius 1 is 1.52 bits per heavy atom. The zero-order valence-electron chi connectivity index (χ0n) is 12.6. The first-order valence-electron chi connectivity index (χ1n) is 7.58. The van der Waals surface area contributed by atoms with Crippen LogP contribution in [0.1, 0.15) is 18.6 Å². The van der Waals surface area contributed by atoms with Crippen molar-refractivity contribution in [3.05, 3.63) is 46.9 Å². The topological polar surface area (TPSA) is 103 Å². The normalized spacial score (nSPS) is 17.7. The van der Waals surface area contributed by atoms with Gasteiger partial charge in [0.1, 0.15) is 5.76 Å². The molecular formula is C15H19N5O3. The van der Waals surface area contributed by atoms with Crippen LogP contribution in [0.15, 0.2) is 40.0 Å². The maximum atomic E-state index is 12.0. The molecule has 3 N–H and O–H groups in total. The van der Waals surface area contributed by atoms with Gasteiger partial charge in [0.25, 0.3) is 5.56 Å². The summed E-state index contributed by atoms with van der Waals surface area (Å²) in [6, 6.07) is 3.30. The maximum absolute atomic E-state index is 12.0. The monoisotopic (exact) mass is 317 g/mol. The van der Waals surface area contributed by atoms with Crippen molar-refractivity contribution >= 4 is 11.8 Å². The number of anilines is 1. The van der Waals surface area contributed by atoms with Crippen molar-refractivity contribution in [1.82, 2.24) is 20.6 Å². The molecular weight excluding hydrogens is 298 g/mol. The second kappa shape index (κ2) is 6.99. The number of aromatic amines is 1. The number of nitrogens with one attached hydrogen (secondary N) is 3. The third kappa shape index (κ3) is 3.91. The van der Waals surface area contributed by atoms with E-state index in [-0.39, 0.29) is 17.6 Å². The molecule has 8 nitrogen and oxygen atoms in total. The number of aromatic nitrogens is 2. The van der Waals surface area contributed by atoms with E-state index in [0.29, 0.717) is 24.7 Å². The number of hydrogen-bond acceptors (Lipinski definition) is 5. The highest BCUT2D eigenvalue weighted by Crippen LogP contribution is 2.14. The van der Waals surface area contributed by atoms with Crippen LogP contribution in [0.5, 0.6) is 0 Å². The molecule has 122 valence electrons. The minimum atomic E-state index is -0.247. The Morgan fingerprint density at radius 3 is 3.22 bits per heavy atom. The number of furan rings is 1. The Balaban J connectivity index is 1.53. The Morgan fingerprint density at radius 2 is 2.43 bits per heavy atom. The molecule has 1 fully saturated rings. The Kier molecular flexibility index (Phi) is 4.60. The Bertz CT molecular complexity index is 697. The molecule has 0 aromatic carbocycles. The summed E-state index contributed by atoms with van der Waals surface area (Å²) in [5.74, 6) is 1.10. The van der Waals surface area contributed by atoms with E-state index in [0.717, 1.165) is 19.4 Å². The summed E-state index contributed by atoms with van der Waals surface area (Å²) in [6.45, 7) is 1.66. The van der Waals surface area contributed by atoms with E-state index >= 15 is 0 Å². The highest BCUT2D eigenvalue weighted by atomic mass is 16.3. The van der Waals surface area contributed by atoms with Crippen molar-refractivity contribution in [2.75, 3.05) is 18.0 Å². The van der Waals surface area contributed by atoms with Crippen molar-refractivity contribution < 1.29 is 9.21 Å². The van der Waals surface area contributed by atoms with E-state index in [1.165, 1.54) is 6.20 Å². The van der Waals surface area contributed by atoms with E-state index < -0.39 is 0 Å². The van der Waals surface area contributed by atoms with Gasteiger partial charge < -0.3 is 24.9 Å². The molecule has 1 saturated heterocycles. The van der Waals surface area contributed by atoms with Gasteiger partial charge in [-0.05, 0) is 25.0 Å². The molecule has 8 heteroatoms. The first-order valence-corrected chi connectivity index (χ1v) is 7.58. The van der Waals surface area contributed by atoms with Gasteiger partial charge >= 0.3 is 6.03 Å². The number of amides is 2. The fraction of sp³-hybridized carbons (Fsp3) is 0.400. The number of carbonyl (C=O) groups excluding carboxylic acids is 1. The van der Waals surface area contributed by atoms with Crippen molar-refractivity contribution in [2.24, 2.45) is 0 Å². The standard InChI is InChI=1S/C15H19N5O3/c21-14-13(16-5-6-17-14)20-7-1-3-11(10-20)19-15(22)18-9-12-4-2-8-23-12/h2,4-6,8,11H,1,3,7,9-10H2,(H,17,21)(H2,18,19,22). The number of nitrogens with zero attached hydrogens (tertiary/aromatic N) is 2. The molecule has 3 heterocycles. The van der Waals surface area contributed by atoms with E-state index in [1.54, 1.807) is 24.6 Å². The number of piperidine rings is 1. The van der Waals surface area contributed by atoms with Crippen LogP contribution in [0, 0.1) is 0 Å². The molecule has 0 saturated carbocycles. The molecule has 1 unspecified atom stereocenters. The minimum Gasteiger partial charge on any atom is -0.467 e. The summed E-state index contributed by atoms with van der Waals surface area (Å²) in [4.78, 5) is 32.4. The zero-order chi connectivity index (χ0) is 16.1. The van der Waals surface area contributed by atoms with Gasteiger partial charge in [0, 0.05) is 31.5 Å². The molecule has 2 aromatic heterocycles. The van der Waals surface area contributed by atoms with Gasteiger partial charge in [-0.1, -0.05) is 0 Å². The van der Waals surface area contributed by atoms with Crippen LogP contribution in [0.25, 0.3) is 0 Å². The van der Waals surface area contributed by atoms with Crippen LogP contribution in [0.4, 0.5) is 10.6 Å². The van der Waals surface area contributed by atoms with Crippen LogP contribution in [-0.4, -0.2) is 35.1 Å². The van der Waals surface area contributed by atoms with Crippen LogP contribution in [-0.2, 0) is 6.54 Å². The predicted molar refractivity (Wildman–Crippen MR) is 84.2 cm³/mol. The Hall–Kier alpha value is -2.77. The molecule has 23 heavy (non-hydrogen) atoms. The summed E-state index contributed by atoms with van der Waals surface area (Å²) in [6.07, 6.45) is 6.39. The number of urea groups is 1. The minimum absolute atomic E-state index is 0.0262. The second-order valence-corrected chi connectivity index (χ2v) is 5.43. The lowest BCUT2D eigenvalue weighted by atomic mass is 10.1. The largest absolute Gasteiger partial charge is 0.467 e. The molecule has 0 spiro atoms. The summed E-state index contributed by atoms with van der Waals surface area (Å²) >= 11 is 0. The molecule has 0 bridgehead atoms. The van der Waals surface area contributed by atoms with E-state index in [2.05, 4.69) is 20.6 Å². The zero-order valence-corrected chi connectivity index (χ0v) is 12.6. The van der Waals surface area contributed by atoms with Crippen LogP contribution in [0.2, 0.25) is 0 Å². The van der Waals surface area contributed by atoms with E-state index in [1.807, 2.05) is 4.90 Å². The van der Waals surface area contributed by atoms with Gasteiger partial charge in [0.05, 0.1) is 12.8 Å². The predicted octanol–water partition coefficient (Wildman–Crippen LogP) is 0.831. The summed E-state index contributed by atoms with van der Waals surface area (Å²) in [5.41, 5.74) is -0.213. The quantitative estimate of drug-likeness (QED) is 0.775. The molecule has 1 aliphatic heterocycles. The Labute approximate surface area is 132 Å². The van der Waals surface area contributed by atoms with Gasteiger partial charge in [0.15, 0.2) is 5.82 Å². The fourth-order valence-corrected chi connectivity index (χ4v) is 2.67. The first-order chi connectivity index (χ1) is 11.2. The van der Waals surface area contributed by atoms with Crippen LogP contribution < -0.4 is 21.1 Å². The number of rotatable bonds is 4. The number of H-pyrrole nitrogens is 1. The fourth-order valence-electron chi connectivity index (χ4n) is 2.67. The van der Waals surface area contributed by atoms with Crippen molar-refractivity contribution in [3.63, 3.8) is 0 Å². The van der Waals surface area contributed by atoms with Gasteiger partial charge in [-0.2, -0.15) is 0 Å². The average molecular weight is 317 g/mol. The number of hydrogen-bond donors (Lipinski definition) is 3.